The second-order valence-corrected chi connectivity index (χ2v) is 8.13. The van der Waals surface area contributed by atoms with Crippen molar-refractivity contribution in [2.75, 3.05) is 20.7 Å². The van der Waals surface area contributed by atoms with Crippen molar-refractivity contribution in [2.45, 2.75) is 40.0 Å². The summed E-state index contributed by atoms with van der Waals surface area (Å²) in [5.74, 6) is 0.404. The lowest BCUT2D eigenvalue weighted by Crippen LogP contribution is -2.22. The maximum atomic E-state index is 14.5. The maximum absolute atomic E-state index is 14.5. The van der Waals surface area contributed by atoms with E-state index in [0.29, 0.717) is 23.4 Å². The van der Waals surface area contributed by atoms with Crippen molar-refractivity contribution < 1.29 is 13.9 Å². The number of nitrogens with two attached hydrogens (primary N) is 1. The zero-order valence-corrected chi connectivity index (χ0v) is 20.3. The molecule has 4 nitrogen and oxygen atoms in total. The molecule has 0 aromatic heterocycles. The maximum Gasteiger partial charge on any atom is 0.225 e. The molecule has 1 aromatic rings. The third-order valence-corrected chi connectivity index (χ3v) is 5.42. The van der Waals surface area contributed by atoms with Crippen molar-refractivity contribution in [1.29, 1.82) is 0 Å². The number of hydrogen-bond donors (Lipinski definition) is 1. The van der Waals surface area contributed by atoms with Gasteiger partial charge < -0.3 is 15.4 Å². The lowest BCUT2D eigenvalue weighted by atomic mass is 9.91. The number of halogens is 1. The molecule has 0 fully saturated rings. The Kier molecular flexibility index (Phi) is 9.92. The Morgan fingerprint density at radius 1 is 1.24 bits per heavy atom. The lowest BCUT2D eigenvalue weighted by Gasteiger charge is -2.20. The molecule has 5 heteroatoms. The van der Waals surface area contributed by atoms with E-state index in [1.165, 1.54) is 6.07 Å². The SMILES string of the molecule is C\C=C/C=C(CC)/C(N)=C/C(C)=C1/C=C(c2ccccc2F)C=C(OCCC(=O)N(C)C)C1. The zero-order chi connectivity index (χ0) is 24.4. The van der Waals surface area contributed by atoms with E-state index in [0.717, 1.165) is 28.7 Å². The van der Waals surface area contributed by atoms with E-state index in [-0.39, 0.29) is 24.8 Å². The number of hydrogen-bond acceptors (Lipinski definition) is 3. The summed E-state index contributed by atoms with van der Waals surface area (Å²) >= 11 is 0. The van der Waals surface area contributed by atoms with Crippen LogP contribution < -0.4 is 5.73 Å². The van der Waals surface area contributed by atoms with Crippen LogP contribution in [0.3, 0.4) is 0 Å². The van der Waals surface area contributed by atoms with Gasteiger partial charge in [-0.1, -0.05) is 49.4 Å². The van der Waals surface area contributed by atoms with Crippen LogP contribution in [0.5, 0.6) is 0 Å². The molecule has 1 aliphatic carbocycles. The summed E-state index contributed by atoms with van der Waals surface area (Å²) in [6, 6.07) is 6.68. The standard InChI is InChI=1S/C28H35FN2O2/c1-6-8-11-21(7-2)27(30)16-20(3)22-17-23(25-12-9-10-13-26(25)29)19-24(18-22)33-15-14-28(32)31(4)5/h6,8-13,16-17,19H,7,14-15,18,30H2,1-5H3/b8-6-,21-11+,22-20-,27-16-. The van der Waals surface area contributed by atoms with Crippen molar-refractivity contribution in [1.82, 2.24) is 4.90 Å². The van der Waals surface area contributed by atoms with Crippen LogP contribution in [0.4, 0.5) is 4.39 Å². The molecule has 0 bridgehead atoms. The molecule has 0 saturated carbocycles. The first-order valence-electron chi connectivity index (χ1n) is 11.3. The number of nitrogens with zero attached hydrogens (tertiary/aromatic N) is 1. The summed E-state index contributed by atoms with van der Waals surface area (Å²) in [7, 11) is 3.44. The molecule has 1 aromatic carbocycles. The average molecular weight is 451 g/mol. The van der Waals surface area contributed by atoms with Crippen molar-refractivity contribution in [3.63, 3.8) is 0 Å². The highest BCUT2D eigenvalue weighted by atomic mass is 19.1. The molecule has 1 aliphatic rings. The zero-order valence-electron chi connectivity index (χ0n) is 20.3. The number of rotatable bonds is 9. The predicted octanol–water partition coefficient (Wildman–Crippen LogP) is 6.06. The summed E-state index contributed by atoms with van der Waals surface area (Å²) in [6.07, 6.45) is 13.4. The van der Waals surface area contributed by atoms with Crippen LogP contribution in [0.1, 0.15) is 45.6 Å². The van der Waals surface area contributed by atoms with Gasteiger partial charge in [-0.05, 0) is 60.8 Å². The van der Waals surface area contributed by atoms with E-state index in [1.807, 2.05) is 56.4 Å². The van der Waals surface area contributed by atoms with Gasteiger partial charge in [-0.3, -0.25) is 4.79 Å². The summed E-state index contributed by atoms with van der Waals surface area (Å²) in [6.45, 7) is 6.30. The van der Waals surface area contributed by atoms with Crippen LogP contribution in [-0.4, -0.2) is 31.5 Å². The van der Waals surface area contributed by atoms with Gasteiger partial charge in [0.05, 0.1) is 13.0 Å². The molecule has 2 N–H and O–H groups in total. The van der Waals surface area contributed by atoms with Crippen molar-refractivity contribution in [3.8, 4) is 0 Å². The molecule has 0 saturated heterocycles. The highest BCUT2D eigenvalue weighted by molar-refractivity contribution is 5.79. The monoisotopic (exact) mass is 450 g/mol. The van der Waals surface area contributed by atoms with Crippen LogP contribution in [0.25, 0.3) is 5.57 Å². The van der Waals surface area contributed by atoms with E-state index in [1.54, 1.807) is 31.1 Å². The first kappa shape index (κ1) is 25.9. The van der Waals surface area contributed by atoms with Gasteiger partial charge in [-0.15, -0.1) is 0 Å². The molecule has 0 heterocycles. The molecule has 2 rings (SSSR count). The highest BCUT2D eigenvalue weighted by Crippen LogP contribution is 2.32. The van der Waals surface area contributed by atoms with Gasteiger partial charge in [0.15, 0.2) is 0 Å². The molecule has 0 aliphatic heterocycles. The average Bonchev–Trinajstić information content (AvgIpc) is 2.79. The molecule has 33 heavy (non-hydrogen) atoms. The second-order valence-electron chi connectivity index (χ2n) is 8.13. The Bertz CT molecular complexity index is 1040. The number of benzene rings is 1. The third-order valence-electron chi connectivity index (χ3n) is 5.42. The van der Waals surface area contributed by atoms with Crippen molar-refractivity contribution >= 4 is 11.5 Å². The Morgan fingerprint density at radius 3 is 2.61 bits per heavy atom. The summed E-state index contributed by atoms with van der Waals surface area (Å²) < 4.78 is 20.5. The highest BCUT2D eigenvalue weighted by Gasteiger charge is 2.17. The fourth-order valence-corrected chi connectivity index (χ4v) is 3.43. The Morgan fingerprint density at radius 2 is 1.97 bits per heavy atom. The van der Waals surface area contributed by atoms with Crippen LogP contribution in [0.15, 0.2) is 88.9 Å². The molecule has 1 amide bonds. The largest absolute Gasteiger partial charge is 0.497 e. The van der Waals surface area contributed by atoms with E-state index in [2.05, 4.69) is 6.92 Å². The molecular weight excluding hydrogens is 415 g/mol. The minimum absolute atomic E-state index is 0.000979. The number of carbonyl (C=O) groups is 1. The number of allylic oxidation sites excluding steroid dienone is 10. The smallest absolute Gasteiger partial charge is 0.225 e. The van der Waals surface area contributed by atoms with E-state index < -0.39 is 0 Å². The number of carbonyl (C=O) groups excluding carboxylic acids is 1. The fourth-order valence-electron chi connectivity index (χ4n) is 3.43. The first-order valence-corrected chi connectivity index (χ1v) is 11.3. The Labute approximate surface area is 197 Å². The van der Waals surface area contributed by atoms with Gasteiger partial charge in [0.2, 0.25) is 5.91 Å². The van der Waals surface area contributed by atoms with E-state index in [9.17, 15) is 9.18 Å². The second kappa shape index (κ2) is 12.6. The summed E-state index contributed by atoms with van der Waals surface area (Å²) in [4.78, 5) is 13.4. The minimum Gasteiger partial charge on any atom is -0.497 e. The number of ether oxygens (including phenoxy) is 1. The molecular formula is C28H35FN2O2. The van der Waals surface area contributed by atoms with Crippen LogP contribution in [0, 0.1) is 5.82 Å². The van der Waals surface area contributed by atoms with Gasteiger partial charge in [-0.2, -0.15) is 0 Å². The van der Waals surface area contributed by atoms with Gasteiger partial charge >= 0.3 is 0 Å². The molecule has 0 atom stereocenters. The topological polar surface area (TPSA) is 55.6 Å². The first-order chi connectivity index (χ1) is 15.8. The van der Waals surface area contributed by atoms with Crippen molar-refractivity contribution in [2.24, 2.45) is 5.73 Å². The van der Waals surface area contributed by atoms with Crippen molar-refractivity contribution in [3.05, 3.63) is 100 Å². The summed E-state index contributed by atoms with van der Waals surface area (Å²) in [5, 5.41) is 0. The van der Waals surface area contributed by atoms with Gasteiger partial charge in [0.1, 0.15) is 11.6 Å². The molecule has 0 spiro atoms. The number of amides is 1. The van der Waals surface area contributed by atoms with E-state index in [4.69, 9.17) is 10.5 Å². The molecule has 0 radical (unpaired) electrons. The normalized spacial score (nSPS) is 16.4. The Hall–Kier alpha value is -3.34. The predicted molar refractivity (Wildman–Crippen MR) is 134 cm³/mol. The van der Waals surface area contributed by atoms with Crippen LogP contribution >= 0.6 is 0 Å². The quantitative estimate of drug-likeness (QED) is 0.465. The third kappa shape index (κ3) is 7.63. The van der Waals surface area contributed by atoms with Gasteiger partial charge in [0, 0.05) is 31.8 Å². The molecule has 176 valence electrons. The summed E-state index contributed by atoms with van der Waals surface area (Å²) in [5.41, 5.74) is 11.4. The lowest BCUT2D eigenvalue weighted by molar-refractivity contribution is -0.129. The van der Waals surface area contributed by atoms with Gasteiger partial charge in [-0.25, -0.2) is 4.39 Å². The Balaban J connectivity index is 2.41. The fraction of sp³-hybridized carbons (Fsp3) is 0.321. The van der Waals surface area contributed by atoms with Gasteiger partial charge in [0.25, 0.3) is 0 Å². The van der Waals surface area contributed by atoms with E-state index >= 15 is 0 Å². The van der Waals surface area contributed by atoms with Crippen LogP contribution in [-0.2, 0) is 9.53 Å². The molecule has 0 unspecified atom stereocenters. The minimum atomic E-state index is -0.293. The van der Waals surface area contributed by atoms with Crippen LogP contribution in [0.2, 0.25) is 0 Å².